The summed E-state index contributed by atoms with van der Waals surface area (Å²) < 4.78 is 39.7. The lowest BCUT2D eigenvalue weighted by Crippen LogP contribution is -2.28. The Labute approximate surface area is 109 Å². The molecule has 2 rings (SSSR count). The number of aromatic nitrogens is 2. The van der Waals surface area contributed by atoms with Crippen molar-refractivity contribution in [2.75, 3.05) is 12.3 Å². The molecule has 0 radical (unpaired) electrons. The van der Waals surface area contributed by atoms with Gasteiger partial charge in [0.05, 0.1) is 24.8 Å². The van der Waals surface area contributed by atoms with Crippen LogP contribution in [0.4, 0.5) is 19.0 Å². The number of aliphatic hydroxyl groups excluding tert-OH is 1. The van der Waals surface area contributed by atoms with E-state index in [0.29, 0.717) is 24.4 Å². The highest BCUT2D eigenvalue weighted by molar-refractivity contribution is 5.32. The Kier molecular flexibility index (Phi) is 4.03. The van der Waals surface area contributed by atoms with Gasteiger partial charge in [-0.25, -0.2) is 4.68 Å². The highest BCUT2D eigenvalue weighted by Gasteiger charge is 2.42. The molecule has 0 bridgehead atoms. The van der Waals surface area contributed by atoms with Gasteiger partial charge in [0.2, 0.25) is 0 Å². The normalized spacial score (nSPS) is 24.6. The first kappa shape index (κ1) is 14.2. The number of hydrogen-bond donors (Lipinski definition) is 2. The smallest absolute Gasteiger partial charge is 0.391 e. The van der Waals surface area contributed by atoms with Gasteiger partial charge in [-0.2, -0.15) is 18.3 Å². The van der Waals surface area contributed by atoms with E-state index in [0.717, 1.165) is 0 Å². The van der Waals surface area contributed by atoms with Gasteiger partial charge in [-0.15, -0.1) is 0 Å². The fourth-order valence-corrected chi connectivity index (χ4v) is 2.68. The summed E-state index contributed by atoms with van der Waals surface area (Å²) in [5.41, 5.74) is 6.33. The summed E-state index contributed by atoms with van der Waals surface area (Å²) in [7, 11) is 0. The zero-order valence-electron chi connectivity index (χ0n) is 10.5. The first-order valence-corrected chi connectivity index (χ1v) is 6.42. The Balaban J connectivity index is 2.11. The standard InChI is InChI=1S/C12H18F3N3O/c13-12(14,15)9-3-1-2-8(6-9)10-7-11(16)18(17-10)4-5-19/h7-9,19H,1-6,16H2. The third-order valence-electron chi connectivity index (χ3n) is 3.70. The van der Waals surface area contributed by atoms with Crippen molar-refractivity contribution in [3.05, 3.63) is 11.8 Å². The lowest BCUT2D eigenvalue weighted by molar-refractivity contribution is -0.183. The Morgan fingerprint density at radius 3 is 2.79 bits per heavy atom. The molecule has 0 spiro atoms. The Hall–Kier alpha value is -1.24. The summed E-state index contributed by atoms with van der Waals surface area (Å²) in [5, 5.41) is 13.1. The van der Waals surface area contributed by atoms with Gasteiger partial charge in [0.1, 0.15) is 5.82 Å². The molecule has 1 heterocycles. The van der Waals surface area contributed by atoms with Gasteiger partial charge in [-0.1, -0.05) is 6.42 Å². The maximum atomic E-state index is 12.8. The van der Waals surface area contributed by atoms with E-state index in [2.05, 4.69) is 5.10 Å². The summed E-state index contributed by atoms with van der Waals surface area (Å²) >= 11 is 0. The van der Waals surface area contributed by atoms with Gasteiger partial charge in [-0.05, 0) is 19.3 Å². The number of anilines is 1. The minimum atomic E-state index is -4.13. The predicted molar refractivity (Wildman–Crippen MR) is 64.5 cm³/mol. The van der Waals surface area contributed by atoms with Gasteiger partial charge in [0, 0.05) is 12.0 Å². The average molecular weight is 277 g/mol. The highest BCUT2D eigenvalue weighted by atomic mass is 19.4. The molecule has 0 aliphatic heterocycles. The molecule has 1 fully saturated rings. The molecular weight excluding hydrogens is 259 g/mol. The summed E-state index contributed by atoms with van der Waals surface area (Å²) in [6.45, 7) is 0.169. The second-order valence-electron chi connectivity index (χ2n) is 5.04. The molecule has 1 aliphatic rings. The summed E-state index contributed by atoms with van der Waals surface area (Å²) in [5.74, 6) is -1.05. The van der Waals surface area contributed by atoms with Crippen LogP contribution < -0.4 is 5.73 Å². The number of nitrogens with two attached hydrogens (primary N) is 1. The SMILES string of the molecule is Nc1cc(C2CCCC(C(F)(F)F)C2)nn1CCO. The number of rotatable bonds is 3. The van der Waals surface area contributed by atoms with Crippen LogP contribution >= 0.6 is 0 Å². The second-order valence-corrected chi connectivity index (χ2v) is 5.04. The van der Waals surface area contributed by atoms with Crippen LogP contribution in [-0.4, -0.2) is 27.7 Å². The molecule has 0 aromatic carbocycles. The quantitative estimate of drug-likeness (QED) is 0.891. The fraction of sp³-hybridized carbons (Fsp3) is 0.750. The van der Waals surface area contributed by atoms with E-state index >= 15 is 0 Å². The number of aliphatic hydroxyl groups is 1. The van der Waals surface area contributed by atoms with E-state index in [4.69, 9.17) is 10.8 Å². The molecule has 108 valence electrons. The molecule has 4 nitrogen and oxygen atoms in total. The molecule has 1 aliphatic carbocycles. The summed E-state index contributed by atoms with van der Waals surface area (Å²) in [4.78, 5) is 0. The molecule has 7 heteroatoms. The number of halogens is 3. The molecule has 0 amide bonds. The molecule has 19 heavy (non-hydrogen) atoms. The van der Waals surface area contributed by atoms with Gasteiger partial charge < -0.3 is 10.8 Å². The Morgan fingerprint density at radius 2 is 2.16 bits per heavy atom. The summed E-state index contributed by atoms with van der Waals surface area (Å²) in [6, 6.07) is 1.62. The van der Waals surface area contributed by atoms with Crippen LogP contribution in [0.3, 0.4) is 0 Å². The first-order chi connectivity index (χ1) is 8.91. The second kappa shape index (κ2) is 5.40. The van der Waals surface area contributed by atoms with Crippen LogP contribution in [0.15, 0.2) is 6.07 Å². The molecule has 1 aromatic rings. The van der Waals surface area contributed by atoms with Crippen molar-refractivity contribution in [1.82, 2.24) is 9.78 Å². The number of alkyl halides is 3. The maximum absolute atomic E-state index is 12.8. The molecule has 2 unspecified atom stereocenters. The van der Waals surface area contributed by atoms with Crippen molar-refractivity contribution in [3.63, 3.8) is 0 Å². The van der Waals surface area contributed by atoms with Gasteiger partial charge in [0.15, 0.2) is 0 Å². The third kappa shape index (κ3) is 3.20. The van der Waals surface area contributed by atoms with Gasteiger partial charge in [-0.3, -0.25) is 0 Å². The van der Waals surface area contributed by atoms with Gasteiger partial charge in [0.25, 0.3) is 0 Å². The van der Waals surface area contributed by atoms with Crippen molar-refractivity contribution >= 4 is 5.82 Å². The number of hydrogen-bond acceptors (Lipinski definition) is 3. The number of nitrogen functional groups attached to an aromatic ring is 1. The van der Waals surface area contributed by atoms with E-state index in [1.165, 1.54) is 4.68 Å². The molecule has 1 aromatic heterocycles. The van der Waals surface area contributed by atoms with Crippen LogP contribution in [0.25, 0.3) is 0 Å². The van der Waals surface area contributed by atoms with Crippen molar-refractivity contribution < 1.29 is 18.3 Å². The maximum Gasteiger partial charge on any atom is 0.391 e. The van der Waals surface area contributed by atoms with Crippen LogP contribution in [0, 0.1) is 5.92 Å². The molecular formula is C12H18F3N3O. The predicted octanol–water partition coefficient (Wildman–Crippen LogP) is 2.29. The van der Waals surface area contributed by atoms with Gasteiger partial charge >= 0.3 is 6.18 Å². The zero-order valence-corrected chi connectivity index (χ0v) is 10.5. The van der Waals surface area contributed by atoms with Crippen molar-refractivity contribution in [2.45, 2.75) is 44.3 Å². The Morgan fingerprint density at radius 1 is 1.42 bits per heavy atom. The molecule has 0 saturated heterocycles. The van der Waals surface area contributed by atoms with E-state index in [1.807, 2.05) is 0 Å². The van der Waals surface area contributed by atoms with Crippen molar-refractivity contribution in [2.24, 2.45) is 5.92 Å². The van der Waals surface area contributed by atoms with Crippen molar-refractivity contribution in [1.29, 1.82) is 0 Å². The lowest BCUT2D eigenvalue weighted by atomic mass is 9.79. The van der Waals surface area contributed by atoms with E-state index < -0.39 is 12.1 Å². The minimum absolute atomic E-state index is 0.0824. The minimum Gasteiger partial charge on any atom is -0.394 e. The van der Waals surface area contributed by atoms with E-state index in [-0.39, 0.29) is 31.9 Å². The fourth-order valence-electron chi connectivity index (χ4n) is 2.68. The van der Waals surface area contributed by atoms with Crippen LogP contribution in [0.5, 0.6) is 0 Å². The van der Waals surface area contributed by atoms with E-state index in [1.54, 1.807) is 6.07 Å². The molecule has 2 atom stereocenters. The lowest BCUT2D eigenvalue weighted by Gasteiger charge is -2.29. The topological polar surface area (TPSA) is 64.1 Å². The monoisotopic (exact) mass is 277 g/mol. The molecule has 3 N–H and O–H groups in total. The Bertz CT molecular complexity index is 430. The first-order valence-electron chi connectivity index (χ1n) is 6.42. The molecule has 1 saturated carbocycles. The van der Waals surface area contributed by atoms with E-state index in [9.17, 15) is 13.2 Å². The highest BCUT2D eigenvalue weighted by Crippen LogP contribution is 2.43. The third-order valence-corrected chi connectivity index (χ3v) is 3.70. The number of nitrogens with zero attached hydrogens (tertiary/aromatic N) is 2. The van der Waals surface area contributed by atoms with Crippen LogP contribution in [0.2, 0.25) is 0 Å². The largest absolute Gasteiger partial charge is 0.394 e. The average Bonchev–Trinajstić information content (AvgIpc) is 2.71. The summed E-state index contributed by atoms with van der Waals surface area (Å²) in [6.07, 6.45) is -2.58. The van der Waals surface area contributed by atoms with Crippen LogP contribution in [-0.2, 0) is 6.54 Å². The zero-order chi connectivity index (χ0) is 14.0. The van der Waals surface area contributed by atoms with Crippen molar-refractivity contribution in [3.8, 4) is 0 Å². The van der Waals surface area contributed by atoms with Crippen LogP contribution in [0.1, 0.15) is 37.3 Å².